The van der Waals surface area contributed by atoms with Gasteiger partial charge >= 0.3 is 0 Å². The number of aliphatic hydroxyl groups is 2. The summed E-state index contributed by atoms with van der Waals surface area (Å²) in [6.45, 7) is 7.78. The smallest absolute Gasteiger partial charge is 0.0874 e. The van der Waals surface area contributed by atoms with Crippen LogP contribution in [-0.4, -0.2) is 34.6 Å². The molecule has 0 atom stereocenters. The highest BCUT2D eigenvalue weighted by Gasteiger charge is 2.23. The summed E-state index contributed by atoms with van der Waals surface area (Å²) in [6.07, 6.45) is 1.35. The minimum absolute atomic E-state index is 0.259. The minimum Gasteiger partial charge on any atom is -0.388 e. The van der Waals surface area contributed by atoms with E-state index in [1.54, 1.807) is 13.8 Å². The molecule has 0 aromatic heterocycles. The second-order valence-corrected chi connectivity index (χ2v) is 4.24. The van der Waals surface area contributed by atoms with Crippen molar-refractivity contribution in [1.29, 1.82) is 0 Å². The van der Waals surface area contributed by atoms with E-state index >= 15 is 0 Å². The van der Waals surface area contributed by atoms with Gasteiger partial charge in [-0.05, 0) is 26.7 Å². The summed E-state index contributed by atoms with van der Waals surface area (Å²) in [6, 6.07) is 0. The van der Waals surface area contributed by atoms with Gasteiger partial charge in [0.05, 0.1) is 24.4 Å². The molecule has 0 unspecified atom stereocenters. The summed E-state index contributed by atoms with van der Waals surface area (Å²) in [5.74, 6) is 0. The van der Waals surface area contributed by atoms with E-state index in [1.807, 2.05) is 13.8 Å². The molecule has 0 aromatic rings. The molecule has 0 aliphatic heterocycles. The fourth-order valence-corrected chi connectivity index (χ4v) is 0.945. The zero-order chi connectivity index (χ0) is 10.5. The molecule has 0 saturated carbocycles. The van der Waals surface area contributed by atoms with E-state index < -0.39 is 11.2 Å². The van der Waals surface area contributed by atoms with E-state index in [0.717, 1.165) is 0 Å². The van der Waals surface area contributed by atoms with Crippen LogP contribution in [0.15, 0.2) is 0 Å². The molecule has 2 N–H and O–H groups in total. The zero-order valence-corrected chi connectivity index (χ0v) is 9.13. The Kier molecular flexibility index (Phi) is 4.89. The average molecular weight is 190 g/mol. The van der Waals surface area contributed by atoms with E-state index in [-0.39, 0.29) is 6.61 Å². The van der Waals surface area contributed by atoms with Crippen molar-refractivity contribution >= 4 is 0 Å². The highest BCUT2D eigenvalue weighted by molar-refractivity contribution is 4.75. The Labute approximate surface area is 80.7 Å². The van der Waals surface area contributed by atoms with E-state index in [9.17, 15) is 10.2 Å². The lowest BCUT2D eigenvalue weighted by Crippen LogP contribution is -2.36. The topological polar surface area (TPSA) is 49.7 Å². The van der Waals surface area contributed by atoms with Crippen molar-refractivity contribution in [3.05, 3.63) is 0 Å². The van der Waals surface area contributed by atoms with Crippen LogP contribution in [0.5, 0.6) is 0 Å². The van der Waals surface area contributed by atoms with Gasteiger partial charge in [0.15, 0.2) is 0 Å². The summed E-state index contributed by atoms with van der Waals surface area (Å²) in [4.78, 5) is 0. The third kappa shape index (κ3) is 6.02. The summed E-state index contributed by atoms with van der Waals surface area (Å²) in [5, 5.41) is 19.2. The van der Waals surface area contributed by atoms with Crippen LogP contribution in [0, 0.1) is 0 Å². The lowest BCUT2D eigenvalue weighted by atomic mass is 9.99. The second-order valence-electron chi connectivity index (χ2n) is 4.24. The average Bonchev–Trinajstić information content (AvgIpc) is 2.02. The molecule has 0 aliphatic carbocycles. The Morgan fingerprint density at radius 3 is 1.77 bits per heavy atom. The molecule has 0 rings (SSSR count). The zero-order valence-electron chi connectivity index (χ0n) is 9.13. The Morgan fingerprint density at radius 2 is 1.46 bits per heavy atom. The number of rotatable bonds is 6. The molecule has 0 radical (unpaired) electrons. The lowest BCUT2D eigenvalue weighted by molar-refractivity contribution is -0.0881. The predicted molar refractivity (Wildman–Crippen MR) is 52.6 cm³/mol. The van der Waals surface area contributed by atoms with Crippen molar-refractivity contribution in [2.75, 3.05) is 13.2 Å². The Balaban J connectivity index is 3.74. The fraction of sp³-hybridized carbons (Fsp3) is 1.00. The van der Waals surface area contributed by atoms with Crippen LogP contribution >= 0.6 is 0 Å². The normalized spacial score (nSPS) is 13.4. The molecule has 0 heterocycles. The maximum atomic E-state index is 9.82. The number of hydrogen-bond acceptors (Lipinski definition) is 3. The Hall–Kier alpha value is -0.120. The molecule has 0 amide bonds. The molecule has 0 bridgehead atoms. The molecule has 80 valence electrons. The number of hydrogen-bond donors (Lipinski definition) is 2. The van der Waals surface area contributed by atoms with E-state index in [0.29, 0.717) is 19.4 Å². The van der Waals surface area contributed by atoms with E-state index in [4.69, 9.17) is 4.74 Å². The van der Waals surface area contributed by atoms with Crippen molar-refractivity contribution in [1.82, 2.24) is 0 Å². The molecular weight excluding hydrogens is 168 g/mol. The quantitative estimate of drug-likeness (QED) is 0.664. The van der Waals surface area contributed by atoms with Gasteiger partial charge in [-0.3, -0.25) is 0 Å². The van der Waals surface area contributed by atoms with Gasteiger partial charge in [-0.2, -0.15) is 0 Å². The van der Waals surface area contributed by atoms with Crippen LogP contribution in [0.4, 0.5) is 0 Å². The van der Waals surface area contributed by atoms with E-state index in [1.165, 1.54) is 0 Å². The standard InChI is InChI=1S/C10H22O3/c1-5-10(12,6-2)8-13-7-9(3,4)11/h11-12H,5-8H2,1-4H3. The highest BCUT2D eigenvalue weighted by Crippen LogP contribution is 2.15. The third-order valence-electron chi connectivity index (χ3n) is 2.14. The van der Waals surface area contributed by atoms with Gasteiger partial charge in [-0.25, -0.2) is 0 Å². The van der Waals surface area contributed by atoms with Gasteiger partial charge in [0, 0.05) is 0 Å². The van der Waals surface area contributed by atoms with Crippen molar-refractivity contribution in [2.45, 2.75) is 51.7 Å². The molecule has 13 heavy (non-hydrogen) atoms. The van der Waals surface area contributed by atoms with Gasteiger partial charge in [0.25, 0.3) is 0 Å². The predicted octanol–water partition coefficient (Wildman–Crippen LogP) is 1.32. The fourth-order valence-electron chi connectivity index (χ4n) is 0.945. The molecule has 0 aromatic carbocycles. The molecule has 3 heteroatoms. The highest BCUT2D eigenvalue weighted by atomic mass is 16.5. The SMILES string of the molecule is CCC(O)(CC)COCC(C)(C)O. The van der Waals surface area contributed by atoms with Crippen LogP contribution in [0.3, 0.4) is 0 Å². The first-order chi connectivity index (χ1) is 5.83. The van der Waals surface area contributed by atoms with Crippen LogP contribution in [0.2, 0.25) is 0 Å². The number of ether oxygens (including phenoxy) is 1. The van der Waals surface area contributed by atoms with Crippen LogP contribution < -0.4 is 0 Å². The van der Waals surface area contributed by atoms with Crippen molar-refractivity contribution in [3.8, 4) is 0 Å². The first-order valence-electron chi connectivity index (χ1n) is 4.85. The largest absolute Gasteiger partial charge is 0.388 e. The first-order valence-corrected chi connectivity index (χ1v) is 4.85. The van der Waals surface area contributed by atoms with Gasteiger partial charge in [-0.1, -0.05) is 13.8 Å². The molecule has 0 saturated heterocycles. The second kappa shape index (κ2) is 4.94. The van der Waals surface area contributed by atoms with Gasteiger partial charge in [0.2, 0.25) is 0 Å². The minimum atomic E-state index is -0.817. The Morgan fingerprint density at radius 1 is 1.00 bits per heavy atom. The van der Waals surface area contributed by atoms with Crippen LogP contribution in [-0.2, 0) is 4.74 Å². The first kappa shape index (κ1) is 12.9. The molecule has 0 aliphatic rings. The Bertz CT molecular complexity index is 134. The van der Waals surface area contributed by atoms with Crippen molar-refractivity contribution < 1.29 is 14.9 Å². The van der Waals surface area contributed by atoms with Crippen LogP contribution in [0.25, 0.3) is 0 Å². The van der Waals surface area contributed by atoms with E-state index in [2.05, 4.69) is 0 Å². The lowest BCUT2D eigenvalue weighted by Gasteiger charge is -2.26. The molecule has 0 fully saturated rings. The maximum Gasteiger partial charge on any atom is 0.0874 e. The molecule has 0 spiro atoms. The van der Waals surface area contributed by atoms with Crippen LogP contribution in [0.1, 0.15) is 40.5 Å². The summed E-state index contributed by atoms with van der Waals surface area (Å²) < 4.78 is 5.24. The van der Waals surface area contributed by atoms with Crippen molar-refractivity contribution in [2.24, 2.45) is 0 Å². The monoisotopic (exact) mass is 190 g/mol. The summed E-state index contributed by atoms with van der Waals surface area (Å²) >= 11 is 0. The van der Waals surface area contributed by atoms with Gasteiger partial charge in [0.1, 0.15) is 0 Å². The summed E-state index contributed by atoms with van der Waals surface area (Å²) in [5.41, 5.74) is -1.55. The molecular formula is C10H22O3. The van der Waals surface area contributed by atoms with Gasteiger partial charge in [-0.15, -0.1) is 0 Å². The summed E-state index contributed by atoms with van der Waals surface area (Å²) in [7, 11) is 0. The molecule has 3 nitrogen and oxygen atoms in total. The van der Waals surface area contributed by atoms with Crippen molar-refractivity contribution in [3.63, 3.8) is 0 Å². The maximum absolute atomic E-state index is 9.82. The van der Waals surface area contributed by atoms with Gasteiger partial charge < -0.3 is 14.9 Å². The third-order valence-corrected chi connectivity index (χ3v) is 2.14.